The van der Waals surface area contributed by atoms with Crippen LogP contribution in [0.3, 0.4) is 0 Å². The summed E-state index contributed by atoms with van der Waals surface area (Å²) >= 11 is 0. The summed E-state index contributed by atoms with van der Waals surface area (Å²) in [6, 6.07) is 18.8. The van der Waals surface area contributed by atoms with Crippen molar-refractivity contribution in [2.45, 2.75) is 13.5 Å². The minimum absolute atomic E-state index is 0.213. The van der Waals surface area contributed by atoms with Crippen molar-refractivity contribution in [3.63, 3.8) is 0 Å². The van der Waals surface area contributed by atoms with E-state index in [1.165, 1.54) is 6.20 Å². The summed E-state index contributed by atoms with van der Waals surface area (Å²) in [6.45, 7) is 2.49. The normalized spacial score (nSPS) is 10.5. The van der Waals surface area contributed by atoms with Gasteiger partial charge in [-0.3, -0.25) is 4.79 Å². The number of nitrogens with zero attached hydrogens (tertiary/aromatic N) is 1. The van der Waals surface area contributed by atoms with E-state index < -0.39 is 11.4 Å². The molecule has 2 aromatic carbocycles. The van der Waals surface area contributed by atoms with Gasteiger partial charge in [0.05, 0.1) is 11.3 Å². The topological polar surface area (TPSA) is 59.3 Å². The van der Waals surface area contributed by atoms with Crippen LogP contribution < -0.4 is 5.43 Å². The molecule has 3 rings (SSSR count). The van der Waals surface area contributed by atoms with E-state index in [9.17, 15) is 14.7 Å². The number of aromatic nitrogens is 1. The summed E-state index contributed by atoms with van der Waals surface area (Å²) in [5, 5.41) is 9.41. The zero-order valence-electron chi connectivity index (χ0n) is 13.3. The van der Waals surface area contributed by atoms with Gasteiger partial charge in [-0.05, 0) is 18.1 Å². The number of aromatic carboxylic acids is 1. The lowest BCUT2D eigenvalue weighted by Crippen LogP contribution is -2.21. The largest absolute Gasteiger partial charge is 0.477 e. The van der Waals surface area contributed by atoms with Crippen molar-refractivity contribution in [3.05, 3.63) is 82.6 Å². The Morgan fingerprint density at radius 1 is 0.958 bits per heavy atom. The molecule has 24 heavy (non-hydrogen) atoms. The molecule has 0 saturated heterocycles. The molecule has 0 aliphatic heterocycles. The first-order valence-corrected chi connectivity index (χ1v) is 7.75. The zero-order chi connectivity index (χ0) is 17.1. The molecule has 1 heterocycles. The molecular formula is C20H17NO3. The van der Waals surface area contributed by atoms with E-state index in [0.717, 1.165) is 11.3 Å². The van der Waals surface area contributed by atoms with Crippen molar-refractivity contribution in [3.8, 4) is 22.4 Å². The van der Waals surface area contributed by atoms with Gasteiger partial charge in [0, 0.05) is 12.7 Å². The highest BCUT2D eigenvalue weighted by Crippen LogP contribution is 2.30. The molecule has 0 atom stereocenters. The van der Waals surface area contributed by atoms with Crippen molar-refractivity contribution < 1.29 is 9.90 Å². The number of pyridine rings is 1. The number of carboxylic acids is 1. The Labute approximate surface area is 139 Å². The van der Waals surface area contributed by atoms with Crippen LogP contribution in [-0.4, -0.2) is 15.6 Å². The number of aryl methyl sites for hydroxylation is 1. The molecule has 0 aliphatic rings. The molecule has 1 aromatic heterocycles. The van der Waals surface area contributed by atoms with Gasteiger partial charge >= 0.3 is 5.97 Å². The highest BCUT2D eigenvalue weighted by atomic mass is 16.4. The first kappa shape index (κ1) is 15.7. The fourth-order valence-electron chi connectivity index (χ4n) is 2.85. The van der Waals surface area contributed by atoms with Gasteiger partial charge in [0.25, 0.3) is 0 Å². The van der Waals surface area contributed by atoms with E-state index >= 15 is 0 Å². The van der Waals surface area contributed by atoms with E-state index in [2.05, 4.69) is 0 Å². The maximum Gasteiger partial charge on any atom is 0.341 e. The molecule has 3 aromatic rings. The molecule has 120 valence electrons. The molecule has 0 radical (unpaired) electrons. The van der Waals surface area contributed by atoms with Gasteiger partial charge in [0.15, 0.2) is 0 Å². The highest BCUT2D eigenvalue weighted by Gasteiger charge is 2.21. The number of benzene rings is 2. The third-order valence-electron chi connectivity index (χ3n) is 3.96. The van der Waals surface area contributed by atoms with Crippen LogP contribution in [-0.2, 0) is 6.54 Å². The summed E-state index contributed by atoms with van der Waals surface area (Å²) in [4.78, 5) is 24.4. The number of carbonyl (C=O) groups is 1. The van der Waals surface area contributed by atoms with Crippen LogP contribution in [0.4, 0.5) is 0 Å². The smallest absolute Gasteiger partial charge is 0.341 e. The number of hydrogen-bond donors (Lipinski definition) is 1. The van der Waals surface area contributed by atoms with Gasteiger partial charge in [0.2, 0.25) is 5.43 Å². The Bertz CT molecular complexity index is 928. The maximum absolute atomic E-state index is 12.9. The fourth-order valence-corrected chi connectivity index (χ4v) is 2.85. The average Bonchev–Trinajstić information content (AvgIpc) is 2.62. The molecule has 0 saturated carbocycles. The minimum Gasteiger partial charge on any atom is -0.477 e. The monoisotopic (exact) mass is 319 g/mol. The lowest BCUT2D eigenvalue weighted by atomic mass is 9.96. The van der Waals surface area contributed by atoms with Gasteiger partial charge in [-0.2, -0.15) is 0 Å². The van der Waals surface area contributed by atoms with Gasteiger partial charge in [-0.1, -0.05) is 60.7 Å². The Kier molecular flexibility index (Phi) is 4.29. The minimum atomic E-state index is -1.21. The van der Waals surface area contributed by atoms with Crippen LogP contribution in [0.1, 0.15) is 17.3 Å². The zero-order valence-corrected chi connectivity index (χ0v) is 13.3. The van der Waals surface area contributed by atoms with Crippen molar-refractivity contribution in [1.82, 2.24) is 4.57 Å². The lowest BCUT2D eigenvalue weighted by Gasteiger charge is -2.18. The number of rotatable bonds is 4. The maximum atomic E-state index is 12.9. The quantitative estimate of drug-likeness (QED) is 0.793. The Morgan fingerprint density at radius 2 is 1.50 bits per heavy atom. The molecule has 4 nitrogen and oxygen atoms in total. The second kappa shape index (κ2) is 6.54. The molecule has 4 heteroatoms. The third-order valence-corrected chi connectivity index (χ3v) is 3.96. The molecule has 1 N–H and O–H groups in total. The molecular weight excluding hydrogens is 302 g/mol. The van der Waals surface area contributed by atoms with Crippen LogP contribution in [0.2, 0.25) is 0 Å². The van der Waals surface area contributed by atoms with Crippen molar-refractivity contribution in [1.29, 1.82) is 0 Å². The predicted octanol–water partition coefficient (Wildman–Crippen LogP) is 3.90. The molecule has 0 spiro atoms. The predicted molar refractivity (Wildman–Crippen MR) is 94.2 cm³/mol. The van der Waals surface area contributed by atoms with Crippen LogP contribution in [0.15, 0.2) is 71.7 Å². The van der Waals surface area contributed by atoms with Crippen molar-refractivity contribution >= 4 is 5.97 Å². The summed E-state index contributed by atoms with van der Waals surface area (Å²) in [5.74, 6) is -1.21. The second-order valence-electron chi connectivity index (χ2n) is 5.42. The summed E-state index contributed by atoms with van der Waals surface area (Å²) in [7, 11) is 0. The van der Waals surface area contributed by atoms with Gasteiger partial charge < -0.3 is 9.67 Å². The summed E-state index contributed by atoms with van der Waals surface area (Å²) < 4.78 is 1.82. The van der Waals surface area contributed by atoms with E-state index in [-0.39, 0.29) is 5.56 Å². The van der Waals surface area contributed by atoms with Gasteiger partial charge in [-0.25, -0.2) is 4.79 Å². The molecule has 0 fully saturated rings. The van der Waals surface area contributed by atoms with E-state index in [4.69, 9.17) is 0 Å². The highest BCUT2D eigenvalue weighted by molar-refractivity contribution is 5.92. The lowest BCUT2D eigenvalue weighted by molar-refractivity contribution is 0.0694. The van der Waals surface area contributed by atoms with Crippen molar-refractivity contribution in [2.24, 2.45) is 0 Å². The van der Waals surface area contributed by atoms with Gasteiger partial charge in [0.1, 0.15) is 5.56 Å². The number of hydrogen-bond acceptors (Lipinski definition) is 2. The van der Waals surface area contributed by atoms with Crippen LogP contribution in [0, 0.1) is 0 Å². The van der Waals surface area contributed by atoms with E-state index in [1.54, 1.807) is 0 Å². The first-order valence-electron chi connectivity index (χ1n) is 7.75. The van der Waals surface area contributed by atoms with Crippen LogP contribution in [0.5, 0.6) is 0 Å². The van der Waals surface area contributed by atoms with Crippen molar-refractivity contribution in [2.75, 3.05) is 0 Å². The van der Waals surface area contributed by atoms with Gasteiger partial charge in [-0.15, -0.1) is 0 Å². The fraction of sp³-hybridized carbons (Fsp3) is 0.100. The third kappa shape index (κ3) is 2.74. The molecule has 0 unspecified atom stereocenters. The summed E-state index contributed by atoms with van der Waals surface area (Å²) in [6.07, 6.45) is 1.43. The van der Waals surface area contributed by atoms with E-state index in [1.807, 2.05) is 72.2 Å². The van der Waals surface area contributed by atoms with Crippen LogP contribution >= 0.6 is 0 Å². The SMILES string of the molecule is CCn1cc(C(=O)O)c(=O)c(-c2ccccc2)c1-c1ccccc1. The standard InChI is InChI=1S/C20H17NO3/c1-2-21-13-16(20(23)24)19(22)17(14-9-5-3-6-10-14)18(21)15-11-7-4-8-12-15/h3-13H,2H2,1H3,(H,23,24). The number of carboxylic acid groups (broad SMARTS) is 1. The van der Waals surface area contributed by atoms with E-state index in [0.29, 0.717) is 17.7 Å². The summed E-state index contributed by atoms with van der Waals surface area (Å²) in [5.41, 5.74) is 2.08. The molecule has 0 aliphatic carbocycles. The Morgan fingerprint density at radius 3 is 2.00 bits per heavy atom. The Hall–Kier alpha value is -3.14. The first-order chi connectivity index (χ1) is 11.6. The van der Waals surface area contributed by atoms with Crippen LogP contribution in [0.25, 0.3) is 22.4 Å². The molecule has 0 amide bonds. The average molecular weight is 319 g/mol. The Balaban J connectivity index is 2.45. The molecule has 0 bridgehead atoms. The second-order valence-corrected chi connectivity index (χ2v) is 5.42.